The molecule has 2 heterocycles. The lowest BCUT2D eigenvalue weighted by molar-refractivity contribution is 0.613. The fourth-order valence-electron chi connectivity index (χ4n) is 2.05. The van der Waals surface area contributed by atoms with Crippen molar-refractivity contribution in [3.63, 3.8) is 0 Å². The lowest BCUT2D eigenvalue weighted by atomic mass is 10.2. The molecule has 0 aliphatic heterocycles. The average Bonchev–Trinajstić information content (AvgIpc) is 2.79. The molecule has 1 N–H and O–H groups in total. The minimum absolute atomic E-state index is 0.146. The zero-order valence-electron chi connectivity index (χ0n) is 10.8. The number of nitrogens with one attached hydrogen (secondary N) is 1. The highest BCUT2D eigenvalue weighted by atomic mass is 35.5. The van der Waals surface area contributed by atoms with Crippen molar-refractivity contribution >= 4 is 22.9 Å². The van der Waals surface area contributed by atoms with Gasteiger partial charge in [0.15, 0.2) is 5.82 Å². The molecule has 0 bridgehead atoms. The maximum atomic E-state index is 13.6. The molecular weight excluding hydrogens is 279 g/mol. The number of halogens is 2. The molecule has 3 rings (SSSR count). The number of benzene rings is 1. The highest BCUT2D eigenvalue weighted by molar-refractivity contribution is 6.28. The van der Waals surface area contributed by atoms with Crippen LogP contribution < -0.4 is 5.32 Å². The molecule has 0 spiro atoms. The van der Waals surface area contributed by atoms with Gasteiger partial charge in [-0.3, -0.25) is 0 Å². The molecule has 0 atom stereocenters. The van der Waals surface area contributed by atoms with E-state index in [1.165, 1.54) is 6.07 Å². The van der Waals surface area contributed by atoms with E-state index in [9.17, 15) is 4.39 Å². The van der Waals surface area contributed by atoms with Crippen molar-refractivity contribution in [2.45, 2.75) is 13.5 Å². The van der Waals surface area contributed by atoms with E-state index in [4.69, 9.17) is 11.6 Å². The van der Waals surface area contributed by atoms with Gasteiger partial charge in [-0.2, -0.15) is 4.98 Å². The molecule has 4 nitrogen and oxygen atoms in total. The number of hydrogen-bond acceptors (Lipinski definition) is 3. The molecule has 1 aromatic carbocycles. The summed E-state index contributed by atoms with van der Waals surface area (Å²) in [6, 6.07) is 10.4. The third kappa shape index (κ3) is 2.32. The van der Waals surface area contributed by atoms with Gasteiger partial charge in [0.2, 0.25) is 5.28 Å². The zero-order chi connectivity index (χ0) is 14.1. The smallest absolute Gasteiger partial charge is 0.243 e. The van der Waals surface area contributed by atoms with Gasteiger partial charge in [0.25, 0.3) is 0 Å². The SMILES string of the molecule is Cc1ccc2c(NCc3ccccc3F)nc(Cl)nn12. The first-order valence-electron chi connectivity index (χ1n) is 6.14. The Morgan fingerprint density at radius 3 is 2.85 bits per heavy atom. The molecule has 102 valence electrons. The van der Waals surface area contributed by atoms with Crippen LogP contribution in [0.2, 0.25) is 5.28 Å². The summed E-state index contributed by atoms with van der Waals surface area (Å²) in [6.07, 6.45) is 0. The molecule has 3 aromatic rings. The molecule has 2 aromatic heterocycles. The molecule has 0 unspecified atom stereocenters. The molecule has 0 saturated heterocycles. The first kappa shape index (κ1) is 12.9. The number of aromatic nitrogens is 3. The Bertz CT molecular complexity index is 769. The Morgan fingerprint density at radius 1 is 1.25 bits per heavy atom. The monoisotopic (exact) mass is 290 g/mol. The average molecular weight is 291 g/mol. The van der Waals surface area contributed by atoms with Crippen LogP contribution in [0.5, 0.6) is 0 Å². The second-order valence-corrected chi connectivity index (χ2v) is 4.78. The van der Waals surface area contributed by atoms with E-state index in [0.717, 1.165) is 11.2 Å². The van der Waals surface area contributed by atoms with E-state index in [2.05, 4.69) is 15.4 Å². The van der Waals surface area contributed by atoms with Crippen molar-refractivity contribution in [2.24, 2.45) is 0 Å². The van der Waals surface area contributed by atoms with Crippen LogP contribution in [0.15, 0.2) is 36.4 Å². The van der Waals surface area contributed by atoms with E-state index < -0.39 is 0 Å². The van der Waals surface area contributed by atoms with Gasteiger partial charge in [-0.25, -0.2) is 8.91 Å². The Morgan fingerprint density at radius 2 is 2.05 bits per heavy atom. The van der Waals surface area contributed by atoms with Gasteiger partial charge in [-0.15, -0.1) is 5.10 Å². The quantitative estimate of drug-likeness (QED) is 0.803. The van der Waals surface area contributed by atoms with Crippen molar-refractivity contribution in [1.82, 2.24) is 14.6 Å². The van der Waals surface area contributed by atoms with Crippen molar-refractivity contribution in [3.05, 3.63) is 58.8 Å². The van der Waals surface area contributed by atoms with Crippen molar-refractivity contribution in [1.29, 1.82) is 0 Å². The van der Waals surface area contributed by atoms with Gasteiger partial charge >= 0.3 is 0 Å². The number of rotatable bonds is 3. The molecule has 0 amide bonds. The van der Waals surface area contributed by atoms with Crippen molar-refractivity contribution < 1.29 is 4.39 Å². The Balaban J connectivity index is 1.93. The minimum atomic E-state index is -0.247. The van der Waals surface area contributed by atoms with E-state index in [0.29, 0.717) is 17.9 Å². The van der Waals surface area contributed by atoms with Gasteiger partial charge in [0.05, 0.1) is 0 Å². The Hall–Kier alpha value is -2.14. The topological polar surface area (TPSA) is 42.2 Å². The van der Waals surface area contributed by atoms with Gasteiger partial charge in [-0.05, 0) is 36.7 Å². The predicted octanol–water partition coefficient (Wildman–Crippen LogP) is 3.44. The number of nitrogens with zero attached hydrogens (tertiary/aromatic N) is 3. The summed E-state index contributed by atoms with van der Waals surface area (Å²) in [7, 11) is 0. The van der Waals surface area contributed by atoms with Crippen LogP contribution in [0.3, 0.4) is 0 Å². The Labute approximate surface area is 120 Å². The first-order valence-corrected chi connectivity index (χ1v) is 6.52. The van der Waals surface area contributed by atoms with Gasteiger partial charge in [0.1, 0.15) is 11.3 Å². The second kappa shape index (κ2) is 5.09. The largest absolute Gasteiger partial charge is 0.364 e. The van der Waals surface area contributed by atoms with Crippen LogP contribution >= 0.6 is 11.6 Å². The third-order valence-corrected chi connectivity index (χ3v) is 3.24. The molecule has 6 heteroatoms. The van der Waals surface area contributed by atoms with Crippen molar-refractivity contribution in [3.8, 4) is 0 Å². The molecular formula is C14H12ClFN4. The van der Waals surface area contributed by atoms with Gasteiger partial charge < -0.3 is 5.32 Å². The van der Waals surface area contributed by atoms with Gasteiger partial charge in [0, 0.05) is 17.8 Å². The molecule has 0 fully saturated rings. The maximum absolute atomic E-state index is 13.6. The van der Waals surface area contributed by atoms with Crippen LogP contribution in [0.4, 0.5) is 10.2 Å². The van der Waals surface area contributed by atoms with Crippen LogP contribution in [-0.2, 0) is 6.54 Å². The fourth-order valence-corrected chi connectivity index (χ4v) is 2.21. The van der Waals surface area contributed by atoms with E-state index in [-0.39, 0.29) is 11.1 Å². The standard InChI is InChI=1S/C14H12ClFN4/c1-9-6-7-12-13(18-14(15)19-20(9)12)17-8-10-4-2-3-5-11(10)16/h2-7H,8H2,1H3,(H,17,18,19). The second-order valence-electron chi connectivity index (χ2n) is 4.45. The minimum Gasteiger partial charge on any atom is -0.364 e. The summed E-state index contributed by atoms with van der Waals surface area (Å²) >= 11 is 5.91. The van der Waals surface area contributed by atoms with E-state index >= 15 is 0 Å². The first-order chi connectivity index (χ1) is 9.65. The molecule has 0 saturated carbocycles. The number of fused-ring (bicyclic) bond motifs is 1. The van der Waals surface area contributed by atoms with Crippen molar-refractivity contribution in [2.75, 3.05) is 5.32 Å². The highest BCUT2D eigenvalue weighted by Gasteiger charge is 2.09. The number of anilines is 1. The number of hydrogen-bond donors (Lipinski definition) is 1. The highest BCUT2D eigenvalue weighted by Crippen LogP contribution is 2.19. The summed E-state index contributed by atoms with van der Waals surface area (Å²) in [4.78, 5) is 4.16. The van der Waals surface area contributed by atoms with Crippen LogP contribution in [0, 0.1) is 12.7 Å². The predicted molar refractivity (Wildman–Crippen MR) is 76.5 cm³/mol. The van der Waals surface area contributed by atoms with E-state index in [1.54, 1.807) is 22.7 Å². The molecule has 0 radical (unpaired) electrons. The van der Waals surface area contributed by atoms with Crippen LogP contribution in [0.25, 0.3) is 5.52 Å². The lowest BCUT2D eigenvalue weighted by Crippen LogP contribution is -2.07. The molecule has 20 heavy (non-hydrogen) atoms. The fraction of sp³-hybridized carbons (Fsp3) is 0.143. The summed E-state index contributed by atoms with van der Waals surface area (Å²) in [6.45, 7) is 2.26. The van der Waals surface area contributed by atoms with Crippen LogP contribution in [0.1, 0.15) is 11.3 Å². The normalized spacial score (nSPS) is 10.9. The third-order valence-electron chi connectivity index (χ3n) is 3.08. The van der Waals surface area contributed by atoms with Crippen LogP contribution in [-0.4, -0.2) is 14.6 Å². The number of aryl methyl sites for hydroxylation is 1. The summed E-state index contributed by atoms with van der Waals surface area (Å²) in [5.41, 5.74) is 2.34. The Kier molecular flexibility index (Phi) is 3.28. The summed E-state index contributed by atoms with van der Waals surface area (Å²) in [5.74, 6) is 0.337. The zero-order valence-corrected chi connectivity index (χ0v) is 11.5. The maximum Gasteiger partial charge on any atom is 0.243 e. The molecule has 0 aliphatic rings. The summed E-state index contributed by atoms with van der Waals surface area (Å²) in [5, 5.41) is 7.37. The van der Waals surface area contributed by atoms with E-state index in [1.807, 2.05) is 19.1 Å². The lowest BCUT2D eigenvalue weighted by Gasteiger charge is -2.09. The molecule has 0 aliphatic carbocycles. The summed E-state index contributed by atoms with van der Waals surface area (Å²) < 4.78 is 15.3. The van der Waals surface area contributed by atoms with Gasteiger partial charge in [-0.1, -0.05) is 18.2 Å².